The lowest BCUT2D eigenvalue weighted by Gasteiger charge is -1.94. The molecule has 1 nitrogen and oxygen atoms in total. The fraction of sp³-hybridized carbons (Fsp3) is 0.200. The van der Waals surface area contributed by atoms with Crippen molar-refractivity contribution in [2.24, 2.45) is 0 Å². The number of dihydropyridines is 1. The van der Waals surface area contributed by atoms with Crippen molar-refractivity contribution in [1.82, 2.24) is 5.32 Å². The van der Waals surface area contributed by atoms with E-state index in [-0.39, 0.29) is 17.0 Å². The second-order valence-corrected chi connectivity index (χ2v) is 1.20. The lowest BCUT2D eigenvalue weighted by atomic mass is 10.4. The summed E-state index contributed by atoms with van der Waals surface area (Å²) in [6.07, 6.45) is 8.00. The molecular formula is C5H8BrN. The summed E-state index contributed by atoms with van der Waals surface area (Å²) in [6, 6.07) is 0. The highest BCUT2D eigenvalue weighted by Gasteiger charge is 1.73. The smallest absolute Gasteiger partial charge is 0.0328 e. The fourth-order valence-electron chi connectivity index (χ4n) is 0.406. The minimum Gasteiger partial charge on any atom is -0.387 e. The molecule has 0 amide bonds. The molecule has 1 N–H and O–H groups in total. The zero-order valence-electron chi connectivity index (χ0n) is 3.92. The van der Waals surface area contributed by atoms with E-state index in [1.54, 1.807) is 0 Å². The van der Waals surface area contributed by atoms with Gasteiger partial charge in [-0.05, 0) is 12.3 Å². The average Bonchev–Trinajstić information content (AvgIpc) is 1.72. The van der Waals surface area contributed by atoms with Gasteiger partial charge in [-0.15, -0.1) is 17.0 Å². The zero-order valence-corrected chi connectivity index (χ0v) is 5.64. The summed E-state index contributed by atoms with van der Waals surface area (Å²) in [4.78, 5) is 0. The van der Waals surface area contributed by atoms with Crippen LogP contribution in [0.3, 0.4) is 0 Å². The van der Waals surface area contributed by atoms with Crippen LogP contribution in [0.15, 0.2) is 24.4 Å². The van der Waals surface area contributed by atoms with Crippen molar-refractivity contribution >= 4 is 17.0 Å². The van der Waals surface area contributed by atoms with Gasteiger partial charge in [0.05, 0.1) is 0 Å². The van der Waals surface area contributed by atoms with Crippen molar-refractivity contribution in [3.8, 4) is 0 Å². The third-order valence-corrected chi connectivity index (χ3v) is 0.697. The van der Waals surface area contributed by atoms with E-state index in [9.17, 15) is 0 Å². The Hall–Kier alpha value is -0.240. The Bertz CT molecular complexity index is 74.1. The number of hydrogen-bond donors (Lipinski definition) is 1. The van der Waals surface area contributed by atoms with Crippen molar-refractivity contribution < 1.29 is 0 Å². The van der Waals surface area contributed by atoms with Gasteiger partial charge in [-0.3, -0.25) is 0 Å². The summed E-state index contributed by atoms with van der Waals surface area (Å²) in [5.41, 5.74) is 0. The van der Waals surface area contributed by atoms with E-state index in [1.807, 2.05) is 18.4 Å². The van der Waals surface area contributed by atoms with Crippen LogP contribution in [0.2, 0.25) is 0 Å². The Morgan fingerprint density at radius 2 is 2.14 bits per heavy atom. The van der Waals surface area contributed by atoms with E-state index in [2.05, 4.69) is 11.4 Å². The van der Waals surface area contributed by atoms with Gasteiger partial charge in [0.25, 0.3) is 0 Å². The third kappa shape index (κ3) is 2.45. The van der Waals surface area contributed by atoms with E-state index in [0.717, 1.165) is 6.54 Å². The highest BCUT2D eigenvalue weighted by molar-refractivity contribution is 8.93. The molecule has 0 aliphatic carbocycles. The topological polar surface area (TPSA) is 12.0 Å². The molecule has 0 atom stereocenters. The van der Waals surface area contributed by atoms with E-state index >= 15 is 0 Å². The van der Waals surface area contributed by atoms with Gasteiger partial charge in [0.1, 0.15) is 0 Å². The van der Waals surface area contributed by atoms with Gasteiger partial charge in [0.2, 0.25) is 0 Å². The molecule has 0 spiro atoms. The molecule has 0 fully saturated rings. The van der Waals surface area contributed by atoms with Gasteiger partial charge < -0.3 is 5.32 Å². The van der Waals surface area contributed by atoms with Gasteiger partial charge in [-0.1, -0.05) is 12.2 Å². The molecule has 7 heavy (non-hydrogen) atoms. The van der Waals surface area contributed by atoms with Gasteiger partial charge >= 0.3 is 0 Å². The Morgan fingerprint density at radius 3 is 2.29 bits per heavy atom. The van der Waals surface area contributed by atoms with Gasteiger partial charge in [0.15, 0.2) is 0 Å². The molecule has 0 radical (unpaired) electrons. The molecule has 1 heterocycles. The van der Waals surface area contributed by atoms with Crippen molar-refractivity contribution in [2.45, 2.75) is 0 Å². The van der Waals surface area contributed by atoms with Crippen molar-refractivity contribution in [3.05, 3.63) is 24.4 Å². The van der Waals surface area contributed by atoms with Crippen molar-refractivity contribution in [2.75, 3.05) is 6.54 Å². The van der Waals surface area contributed by atoms with E-state index in [1.165, 1.54) is 0 Å². The minimum atomic E-state index is 0. The first-order valence-corrected chi connectivity index (χ1v) is 2.05. The largest absolute Gasteiger partial charge is 0.387 e. The van der Waals surface area contributed by atoms with Crippen LogP contribution >= 0.6 is 17.0 Å². The predicted molar refractivity (Wildman–Crippen MR) is 36.6 cm³/mol. The summed E-state index contributed by atoms with van der Waals surface area (Å²) < 4.78 is 0. The van der Waals surface area contributed by atoms with Crippen LogP contribution in [0.25, 0.3) is 0 Å². The maximum absolute atomic E-state index is 3.02. The molecule has 0 aromatic rings. The van der Waals surface area contributed by atoms with Crippen LogP contribution < -0.4 is 5.32 Å². The predicted octanol–water partition coefficient (Wildman–Crippen LogP) is 1.24. The second-order valence-electron chi connectivity index (χ2n) is 1.20. The average molecular weight is 162 g/mol. The Kier molecular flexibility index (Phi) is 3.80. The van der Waals surface area contributed by atoms with Gasteiger partial charge in [0, 0.05) is 6.54 Å². The fourth-order valence-corrected chi connectivity index (χ4v) is 0.406. The molecule has 0 aromatic heterocycles. The standard InChI is InChI=1S/C5H7N.BrH/c1-2-4-6-5-3-1;/h1-4,6H,5H2;1H. The van der Waals surface area contributed by atoms with Gasteiger partial charge in [-0.2, -0.15) is 0 Å². The number of allylic oxidation sites excluding steroid dienone is 2. The maximum Gasteiger partial charge on any atom is 0.0328 e. The van der Waals surface area contributed by atoms with Gasteiger partial charge in [-0.25, -0.2) is 0 Å². The SMILES string of the molecule is Br.C1=CCNC=C1. The van der Waals surface area contributed by atoms with Crippen LogP contribution in [0, 0.1) is 0 Å². The Labute approximate surface area is 53.9 Å². The molecule has 0 saturated carbocycles. The summed E-state index contributed by atoms with van der Waals surface area (Å²) in [6.45, 7) is 0.983. The monoisotopic (exact) mass is 161 g/mol. The van der Waals surface area contributed by atoms with Crippen LogP contribution in [0.1, 0.15) is 0 Å². The number of halogens is 1. The highest BCUT2D eigenvalue weighted by atomic mass is 79.9. The lowest BCUT2D eigenvalue weighted by molar-refractivity contribution is 0.972. The first-order valence-electron chi connectivity index (χ1n) is 2.05. The van der Waals surface area contributed by atoms with E-state index in [0.29, 0.717) is 0 Å². The molecule has 1 rings (SSSR count). The van der Waals surface area contributed by atoms with Crippen molar-refractivity contribution in [3.63, 3.8) is 0 Å². The molecule has 1 aliphatic heterocycles. The number of nitrogens with one attached hydrogen (secondary N) is 1. The number of rotatable bonds is 0. The normalized spacial score (nSPS) is 14.9. The molecule has 0 unspecified atom stereocenters. The molecule has 1 aliphatic rings. The molecule has 0 aromatic carbocycles. The molecule has 40 valence electrons. The zero-order chi connectivity index (χ0) is 4.24. The van der Waals surface area contributed by atoms with Crippen LogP contribution in [-0.4, -0.2) is 6.54 Å². The van der Waals surface area contributed by atoms with Crippen LogP contribution in [0.4, 0.5) is 0 Å². The molecule has 0 saturated heterocycles. The number of hydrogen-bond acceptors (Lipinski definition) is 1. The Morgan fingerprint density at radius 1 is 1.29 bits per heavy atom. The summed E-state index contributed by atoms with van der Waals surface area (Å²) in [5, 5.41) is 3.02. The first kappa shape index (κ1) is 6.76. The quantitative estimate of drug-likeness (QED) is 0.564. The van der Waals surface area contributed by atoms with E-state index in [4.69, 9.17) is 0 Å². The molecular weight excluding hydrogens is 154 g/mol. The second kappa shape index (κ2) is 3.93. The van der Waals surface area contributed by atoms with Crippen LogP contribution in [-0.2, 0) is 0 Å². The third-order valence-electron chi connectivity index (χ3n) is 0.697. The van der Waals surface area contributed by atoms with Crippen LogP contribution in [0.5, 0.6) is 0 Å². The van der Waals surface area contributed by atoms with E-state index < -0.39 is 0 Å². The summed E-state index contributed by atoms with van der Waals surface area (Å²) in [7, 11) is 0. The Balaban J connectivity index is 0.000000360. The minimum absolute atomic E-state index is 0. The highest BCUT2D eigenvalue weighted by Crippen LogP contribution is 1.78. The summed E-state index contributed by atoms with van der Waals surface area (Å²) in [5.74, 6) is 0. The molecule has 2 heteroatoms. The lowest BCUT2D eigenvalue weighted by Crippen LogP contribution is -2.05. The summed E-state index contributed by atoms with van der Waals surface area (Å²) >= 11 is 0. The van der Waals surface area contributed by atoms with Crippen molar-refractivity contribution in [1.29, 1.82) is 0 Å². The molecule has 0 bridgehead atoms. The first-order chi connectivity index (χ1) is 3.00. The maximum atomic E-state index is 3.02.